The molecular formula is C46H78N2O14Sn. The van der Waals surface area contributed by atoms with Gasteiger partial charge in [0.05, 0.1) is 0 Å². The molecule has 0 saturated carbocycles. The molecule has 0 heterocycles. The molecule has 0 fully saturated rings. The van der Waals surface area contributed by atoms with E-state index in [0.717, 1.165) is 24.3 Å². The molecule has 0 aliphatic heterocycles. The number of amides is 2. The SMILES string of the molecule is CCC[CH2][Sn]([CH2]CCC)([O]C(=O)/C=C/C(=O)N(CCCC(=O)OC(C)(C)C)CCC(=O)OC(C)(C)C)[O]C(=O)/C=C/C(=O)N(CCCC(=O)OC(C)(C)C)CCC(=O)OC(C)(C)C. The fourth-order valence-electron chi connectivity index (χ4n) is 5.68. The van der Waals surface area contributed by atoms with Gasteiger partial charge in [0, 0.05) is 0 Å². The third-order valence-corrected chi connectivity index (χ3v) is 17.9. The van der Waals surface area contributed by atoms with Crippen LogP contribution in [0.3, 0.4) is 0 Å². The summed E-state index contributed by atoms with van der Waals surface area (Å²) in [6.45, 7) is 24.8. The van der Waals surface area contributed by atoms with Crippen LogP contribution < -0.4 is 0 Å². The fraction of sp³-hybridized carbons (Fsp3) is 0.739. The molecule has 0 radical (unpaired) electrons. The summed E-state index contributed by atoms with van der Waals surface area (Å²) >= 11 is -4.63. The monoisotopic (exact) mass is 1000 g/mol. The number of hydrogen-bond donors (Lipinski definition) is 0. The zero-order chi connectivity index (χ0) is 48.7. The van der Waals surface area contributed by atoms with Crippen molar-refractivity contribution in [1.82, 2.24) is 9.80 Å². The third kappa shape index (κ3) is 31.5. The molecule has 0 bridgehead atoms. The van der Waals surface area contributed by atoms with E-state index in [9.17, 15) is 38.4 Å². The van der Waals surface area contributed by atoms with Crippen molar-refractivity contribution in [1.29, 1.82) is 0 Å². The molecule has 0 atom stereocenters. The first-order valence-corrected chi connectivity index (χ1v) is 28.5. The Labute approximate surface area is 381 Å². The van der Waals surface area contributed by atoms with Crippen LogP contribution in [-0.2, 0) is 63.5 Å². The molecule has 0 N–H and O–H groups in total. The maximum absolute atomic E-state index is 13.4. The predicted molar refractivity (Wildman–Crippen MR) is 240 cm³/mol. The molecular weight excluding hydrogens is 923 g/mol. The normalized spacial score (nSPS) is 12.4. The van der Waals surface area contributed by atoms with Gasteiger partial charge in [-0.2, -0.15) is 0 Å². The molecule has 17 heteroatoms. The second kappa shape index (κ2) is 28.1. The summed E-state index contributed by atoms with van der Waals surface area (Å²) in [6, 6.07) is 0. The second-order valence-corrected chi connectivity index (χ2v) is 28.5. The first-order valence-electron chi connectivity index (χ1n) is 22.2. The Morgan fingerprint density at radius 3 is 0.968 bits per heavy atom. The van der Waals surface area contributed by atoms with Crippen LogP contribution in [0.2, 0.25) is 8.87 Å². The third-order valence-electron chi connectivity index (χ3n) is 8.21. The van der Waals surface area contributed by atoms with Gasteiger partial charge in [0.2, 0.25) is 0 Å². The first kappa shape index (κ1) is 59.0. The summed E-state index contributed by atoms with van der Waals surface area (Å²) in [7, 11) is 0. The van der Waals surface area contributed by atoms with E-state index >= 15 is 0 Å². The number of unbranched alkanes of at least 4 members (excludes halogenated alkanes) is 2. The van der Waals surface area contributed by atoms with Crippen LogP contribution in [0.15, 0.2) is 24.3 Å². The summed E-state index contributed by atoms with van der Waals surface area (Å²) in [6.07, 6.45) is 6.87. The number of rotatable bonds is 26. The minimum atomic E-state index is -4.63. The number of hydrogen-bond acceptors (Lipinski definition) is 14. The maximum atomic E-state index is 13.4. The fourth-order valence-corrected chi connectivity index (χ4v) is 15.3. The molecule has 0 spiro atoms. The molecule has 0 aliphatic carbocycles. The number of esters is 4. The van der Waals surface area contributed by atoms with E-state index in [0.29, 0.717) is 34.6 Å². The topological polar surface area (TPSA) is 198 Å². The van der Waals surface area contributed by atoms with E-state index in [-0.39, 0.29) is 64.7 Å². The Morgan fingerprint density at radius 1 is 0.413 bits per heavy atom. The van der Waals surface area contributed by atoms with Gasteiger partial charge in [-0.05, 0) is 41.5 Å². The van der Waals surface area contributed by atoms with Crippen LogP contribution in [0.25, 0.3) is 0 Å². The molecule has 0 aromatic carbocycles. The van der Waals surface area contributed by atoms with E-state index in [2.05, 4.69) is 0 Å². The average molecular weight is 1000 g/mol. The molecule has 0 aromatic rings. The van der Waals surface area contributed by atoms with Crippen molar-refractivity contribution >= 4 is 66.8 Å². The standard InChI is InChI=1S/2C19H31NO7.2C4H9.Sn/c2*1-18(2,3)26-16(24)8-7-12-20(14(21)9-10-15(22)23)13-11-17(25)27-19(4,5)6;2*1-3-4-2;/h2*9-10H,7-8,11-13H2,1-6H3,(H,22,23);2*1,3-4H2,2H3;/q;;;;+2/p-2/b2*10-9+;;;. The van der Waals surface area contributed by atoms with Crippen molar-refractivity contribution in [2.45, 2.75) is 192 Å². The van der Waals surface area contributed by atoms with E-state index in [4.69, 9.17) is 25.1 Å². The number of ether oxygens (including phenoxy) is 4. The Bertz CT molecular complexity index is 1460. The molecule has 0 aromatic heterocycles. The van der Waals surface area contributed by atoms with Gasteiger partial charge in [-0.25, -0.2) is 0 Å². The summed E-state index contributed by atoms with van der Waals surface area (Å²) in [5.41, 5.74) is -2.83. The van der Waals surface area contributed by atoms with Gasteiger partial charge in [-0.1, -0.05) is 0 Å². The van der Waals surface area contributed by atoms with Gasteiger partial charge in [0.1, 0.15) is 0 Å². The molecule has 360 valence electrons. The average Bonchev–Trinajstić information content (AvgIpc) is 3.10. The van der Waals surface area contributed by atoms with Crippen LogP contribution in [-0.4, -0.2) is 125 Å². The molecule has 2 amide bonds. The van der Waals surface area contributed by atoms with E-state index in [1.165, 1.54) is 9.80 Å². The second-order valence-electron chi connectivity index (χ2n) is 19.3. The summed E-state index contributed by atoms with van der Waals surface area (Å²) in [5, 5.41) is 0. The van der Waals surface area contributed by atoms with Gasteiger partial charge in [-0.15, -0.1) is 0 Å². The molecule has 0 saturated heterocycles. The molecule has 16 nitrogen and oxygen atoms in total. The van der Waals surface area contributed by atoms with Crippen LogP contribution in [0.1, 0.15) is 161 Å². The Morgan fingerprint density at radius 2 is 0.698 bits per heavy atom. The predicted octanol–water partition coefficient (Wildman–Crippen LogP) is 7.59. The van der Waals surface area contributed by atoms with E-state index in [1.54, 1.807) is 83.1 Å². The molecule has 0 unspecified atom stereocenters. The van der Waals surface area contributed by atoms with Gasteiger partial charge >= 0.3 is 341 Å². The summed E-state index contributed by atoms with van der Waals surface area (Å²) < 4.78 is 34.3. The van der Waals surface area contributed by atoms with E-state index in [1.807, 2.05) is 13.8 Å². The van der Waals surface area contributed by atoms with Crippen molar-refractivity contribution in [3.05, 3.63) is 24.3 Å². The zero-order valence-electron chi connectivity index (χ0n) is 40.7. The Balaban J connectivity index is 6.25. The summed E-state index contributed by atoms with van der Waals surface area (Å²) in [4.78, 5) is 106. The van der Waals surface area contributed by atoms with Crippen molar-refractivity contribution in [3.63, 3.8) is 0 Å². The van der Waals surface area contributed by atoms with Crippen molar-refractivity contribution in [2.75, 3.05) is 26.2 Å². The van der Waals surface area contributed by atoms with Crippen molar-refractivity contribution in [2.24, 2.45) is 0 Å². The van der Waals surface area contributed by atoms with E-state index < -0.39 is 89.2 Å². The zero-order valence-corrected chi connectivity index (χ0v) is 43.6. The van der Waals surface area contributed by atoms with Crippen LogP contribution >= 0.6 is 0 Å². The van der Waals surface area contributed by atoms with Crippen molar-refractivity contribution < 1.29 is 63.5 Å². The van der Waals surface area contributed by atoms with Crippen LogP contribution in [0.4, 0.5) is 0 Å². The first-order chi connectivity index (χ1) is 28.9. The molecule has 0 aliphatic rings. The van der Waals surface area contributed by atoms with Crippen LogP contribution in [0.5, 0.6) is 0 Å². The van der Waals surface area contributed by atoms with Crippen molar-refractivity contribution in [3.8, 4) is 0 Å². The van der Waals surface area contributed by atoms with Gasteiger partial charge in [0.25, 0.3) is 0 Å². The molecule has 63 heavy (non-hydrogen) atoms. The minimum absolute atomic E-state index is 0.0225. The van der Waals surface area contributed by atoms with Gasteiger partial charge in [-0.3, -0.25) is 0 Å². The van der Waals surface area contributed by atoms with Gasteiger partial charge < -0.3 is 0 Å². The Hall–Kier alpha value is -3.96. The van der Waals surface area contributed by atoms with Gasteiger partial charge in [0.15, 0.2) is 0 Å². The number of nitrogens with zero attached hydrogens (tertiary/aromatic N) is 2. The number of carbonyl (C=O) groups excluding carboxylic acids is 8. The molecule has 0 rings (SSSR count). The quantitative estimate of drug-likeness (QED) is 0.0355. The summed E-state index contributed by atoms with van der Waals surface area (Å²) in [5.74, 6) is -4.90. The number of carbonyl (C=O) groups is 8. The van der Waals surface area contributed by atoms with Crippen LogP contribution in [0, 0.1) is 0 Å². The Kier molecular flexibility index (Phi) is 26.3.